The fourth-order valence-corrected chi connectivity index (χ4v) is 4.13. The first-order valence-corrected chi connectivity index (χ1v) is 11.5. The van der Waals surface area contributed by atoms with Crippen molar-refractivity contribution in [3.05, 3.63) is 125 Å². The van der Waals surface area contributed by atoms with Gasteiger partial charge < -0.3 is 4.74 Å². The molecule has 34 heavy (non-hydrogen) atoms. The molecule has 4 heteroatoms. The maximum absolute atomic E-state index is 5.21. The van der Waals surface area contributed by atoms with Gasteiger partial charge in [-0.05, 0) is 60.0 Å². The highest BCUT2D eigenvalue weighted by Crippen LogP contribution is 2.36. The van der Waals surface area contributed by atoms with Crippen molar-refractivity contribution in [3.63, 3.8) is 0 Å². The molecule has 4 aromatic rings. The van der Waals surface area contributed by atoms with Crippen molar-refractivity contribution >= 4 is 23.3 Å². The van der Waals surface area contributed by atoms with E-state index in [1.807, 2.05) is 30.5 Å². The Labute approximate surface area is 200 Å². The molecule has 4 nitrogen and oxygen atoms in total. The third-order valence-electron chi connectivity index (χ3n) is 6.07. The minimum absolute atomic E-state index is 0.163. The van der Waals surface area contributed by atoms with Crippen LogP contribution in [0.1, 0.15) is 34.7 Å². The predicted octanol–water partition coefficient (Wildman–Crippen LogP) is 7.11. The van der Waals surface area contributed by atoms with Gasteiger partial charge in [-0.15, -0.1) is 0 Å². The van der Waals surface area contributed by atoms with Crippen LogP contribution >= 0.6 is 0 Å². The summed E-state index contributed by atoms with van der Waals surface area (Å²) in [4.78, 5) is 4.58. The lowest BCUT2D eigenvalue weighted by atomic mass is 9.98. The van der Waals surface area contributed by atoms with Crippen LogP contribution in [0.4, 0.5) is 11.4 Å². The van der Waals surface area contributed by atoms with Crippen molar-refractivity contribution in [1.29, 1.82) is 0 Å². The lowest BCUT2D eigenvalue weighted by molar-refractivity contribution is 0.415. The molecular formula is C30H27N3O. The quantitative estimate of drug-likeness (QED) is 0.297. The van der Waals surface area contributed by atoms with Gasteiger partial charge in [-0.2, -0.15) is 5.10 Å². The van der Waals surface area contributed by atoms with Crippen molar-refractivity contribution < 1.29 is 4.74 Å². The maximum atomic E-state index is 5.21. The Morgan fingerprint density at radius 1 is 0.853 bits per heavy atom. The molecule has 1 unspecified atom stereocenters. The van der Waals surface area contributed by atoms with E-state index in [9.17, 15) is 0 Å². The molecule has 0 amide bonds. The van der Waals surface area contributed by atoms with Gasteiger partial charge in [0.05, 0.1) is 30.2 Å². The number of anilines is 1. The van der Waals surface area contributed by atoms with E-state index in [-0.39, 0.29) is 6.04 Å². The van der Waals surface area contributed by atoms with Crippen molar-refractivity contribution in [3.8, 4) is 5.75 Å². The Morgan fingerprint density at radius 3 is 2.24 bits per heavy atom. The van der Waals surface area contributed by atoms with Crippen LogP contribution in [0.15, 0.2) is 113 Å². The van der Waals surface area contributed by atoms with Crippen molar-refractivity contribution in [1.82, 2.24) is 0 Å². The van der Waals surface area contributed by atoms with Crippen LogP contribution in [0.5, 0.6) is 5.75 Å². The highest BCUT2D eigenvalue weighted by atomic mass is 16.5. The fourth-order valence-electron chi connectivity index (χ4n) is 4.13. The van der Waals surface area contributed by atoms with Crippen LogP contribution in [0.25, 0.3) is 0 Å². The van der Waals surface area contributed by atoms with Crippen molar-refractivity contribution in [2.45, 2.75) is 19.4 Å². The van der Waals surface area contributed by atoms with E-state index in [2.05, 4.69) is 95.8 Å². The van der Waals surface area contributed by atoms with E-state index < -0.39 is 0 Å². The van der Waals surface area contributed by atoms with Gasteiger partial charge >= 0.3 is 0 Å². The Hall–Kier alpha value is -4.18. The number of methoxy groups -OCH3 is 1. The summed E-state index contributed by atoms with van der Waals surface area (Å²) in [6.07, 6.45) is 2.75. The second-order valence-corrected chi connectivity index (χ2v) is 8.44. The topological polar surface area (TPSA) is 37.2 Å². The largest absolute Gasteiger partial charge is 0.497 e. The smallest absolute Gasteiger partial charge is 0.119 e. The molecule has 5 rings (SSSR count). The van der Waals surface area contributed by atoms with Crippen molar-refractivity contribution in [2.75, 3.05) is 12.1 Å². The third kappa shape index (κ3) is 4.76. The molecule has 1 atom stereocenters. The van der Waals surface area contributed by atoms with Gasteiger partial charge in [0.1, 0.15) is 5.75 Å². The molecule has 1 aliphatic rings. The van der Waals surface area contributed by atoms with Crippen LogP contribution in [-0.4, -0.2) is 19.0 Å². The highest BCUT2D eigenvalue weighted by Gasteiger charge is 2.29. The van der Waals surface area contributed by atoms with Crippen LogP contribution in [-0.2, 0) is 0 Å². The number of aryl methyl sites for hydroxylation is 1. The van der Waals surface area contributed by atoms with Gasteiger partial charge in [-0.3, -0.25) is 10.0 Å². The number of aliphatic imine (C=N–C) groups is 1. The van der Waals surface area contributed by atoms with Crippen LogP contribution in [0.3, 0.4) is 0 Å². The van der Waals surface area contributed by atoms with Gasteiger partial charge in [0.15, 0.2) is 0 Å². The van der Waals surface area contributed by atoms with Crippen LogP contribution in [0, 0.1) is 6.92 Å². The SMILES string of the molecule is COc1ccc(N=Cc2ccc(N3N=C(c4ccc(C)cc4)CC3c3ccccc3)cc2)cc1. The van der Waals surface area contributed by atoms with Gasteiger partial charge in [-0.1, -0.05) is 72.3 Å². The monoisotopic (exact) mass is 445 g/mol. The summed E-state index contributed by atoms with van der Waals surface area (Å²) in [6, 6.07) is 35.5. The number of ether oxygens (including phenoxy) is 1. The van der Waals surface area contributed by atoms with Crippen LogP contribution < -0.4 is 9.75 Å². The molecule has 0 aromatic heterocycles. The highest BCUT2D eigenvalue weighted by molar-refractivity contribution is 6.03. The lowest BCUT2D eigenvalue weighted by Gasteiger charge is -2.24. The summed E-state index contributed by atoms with van der Waals surface area (Å²) in [7, 11) is 1.66. The van der Waals surface area contributed by atoms with E-state index in [0.717, 1.165) is 34.8 Å². The molecule has 1 aliphatic heterocycles. The molecule has 168 valence electrons. The maximum Gasteiger partial charge on any atom is 0.119 e. The number of hydrogen-bond acceptors (Lipinski definition) is 4. The van der Waals surface area contributed by atoms with Gasteiger partial charge in [0.25, 0.3) is 0 Å². The molecule has 0 radical (unpaired) electrons. The first-order valence-electron chi connectivity index (χ1n) is 11.5. The second kappa shape index (κ2) is 9.75. The zero-order chi connectivity index (χ0) is 23.3. The zero-order valence-electron chi connectivity index (χ0n) is 19.4. The summed E-state index contributed by atoms with van der Waals surface area (Å²) in [5, 5.41) is 7.21. The van der Waals surface area contributed by atoms with Gasteiger partial charge in [-0.25, -0.2) is 0 Å². The van der Waals surface area contributed by atoms with E-state index in [1.54, 1.807) is 7.11 Å². The van der Waals surface area contributed by atoms with Gasteiger partial charge in [0.2, 0.25) is 0 Å². The Balaban J connectivity index is 1.40. The molecule has 0 bridgehead atoms. The first-order chi connectivity index (χ1) is 16.7. The number of hydrogen-bond donors (Lipinski definition) is 0. The normalized spacial score (nSPS) is 15.5. The molecule has 0 fully saturated rings. The molecule has 0 saturated heterocycles. The minimum atomic E-state index is 0.163. The molecule has 1 heterocycles. The molecule has 4 aromatic carbocycles. The summed E-state index contributed by atoms with van der Waals surface area (Å²) < 4.78 is 5.21. The van der Waals surface area contributed by atoms with E-state index >= 15 is 0 Å². The number of rotatable bonds is 6. The Kier molecular flexibility index (Phi) is 6.21. The van der Waals surface area contributed by atoms with Gasteiger partial charge in [0, 0.05) is 12.6 Å². The van der Waals surface area contributed by atoms with Crippen molar-refractivity contribution in [2.24, 2.45) is 10.1 Å². The van der Waals surface area contributed by atoms with Crippen LogP contribution in [0.2, 0.25) is 0 Å². The van der Waals surface area contributed by atoms with E-state index in [1.165, 1.54) is 16.7 Å². The minimum Gasteiger partial charge on any atom is -0.497 e. The second-order valence-electron chi connectivity index (χ2n) is 8.44. The molecule has 0 N–H and O–H groups in total. The summed E-state index contributed by atoms with van der Waals surface area (Å²) in [6.45, 7) is 2.11. The molecule has 0 spiro atoms. The zero-order valence-corrected chi connectivity index (χ0v) is 19.4. The molecular weight excluding hydrogens is 418 g/mol. The molecule has 0 aliphatic carbocycles. The summed E-state index contributed by atoms with van der Waals surface area (Å²) >= 11 is 0. The average molecular weight is 446 g/mol. The Morgan fingerprint density at radius 2 is 1.56 bits per heavy atom. The predicted molar refractivity (Wildman–Crippen MR) is 141 cm³/mol. The Bertz CT molecular complexity index is 1290. The standard InChI is InChI=1S/C30H27N3O/c1-22-8-12-24(13-9-22)29-20-30(25-6-4-3-5-7-25)33(32-29)27-16-10-23(11-17-27)21-31-26-14-18-28(34-2)19-15-26/h3-19,21,30H,20H2,1-2H3. The lowest BCUT2D eigenvalue weighted by Crippen LogP contribution is -2.18. The number of benzene rings is 4. The third-order valence-corrected chi connectivity index (χ3v) is 6.07. The summed E-state index contributed by atoms with van der Waals surface area (Å²) in [5.41, 5.74) is 7.80. The fraction of sp³-hybridized carbons (Fsp3) is 0.133. The molecule has 0 saturated carbocycles. The van der Waals surface area contributed by atoms with E-state index in [4.69, 9.17) is 9.84 Å². The summed E-state index contributed by atoms with van der Waals surface area (Å²) in [5.74, 6) is 0.826. The van der Waals surface area contributed by atoms with E-state index in [0.29, 0.717) is 0 Å². The first kappa shape index (κ1) is 21.7. The number of nitrogens with zero attached hydrogens (tertiary/aromatic N) is 3. The number of hydrazone groups is 1. The average Bonchev–Trinajstić information content (AvgIpc) is 3.34.